The lowest BCUT2D eigenvalue weighted by Gasteiger charge is -2.31. The molecule has 4 nitrogen and oxygen atoms in total. The average Bonchev–Trinajstić information content (AvgIpc) is 2.86. The summed E-state index contributed by atoms with van der Waals surface area (Å²) in [7, 11) is 0. The Balaban J connectivity index is 2.57. The molecular formula is C10H20N2O2. The summed E-state index contributed by atoms with van der Waals surface area (Å²) >= 11 is 0. The smallest absolute Gasteiger partial charge is 0.322 e. The molecule has 4 heteroatoms. The van der Waals surface area contributed by atoms with Crippen LogP contribution in [0.5, 0.6) is 0 Å². The monoisotopic (exact) mass is 200 g/mol. The van der Waals surface area contributed by atoms with Gasteiger partial charge in [-0.05, 0) is 32.6 Å². The second-order valence-corrected chi connectivity index (χ2v) is 4.32. The molecule has 1 aliphatic rings. The van der Waals surface area contributed by atoms with Crippen molar-refractivity contribution in [1.82, 2.24) is 4.90 Å². The minimum absolute atomic E-state index is 0.195. The van der Waals surface area contributed by atoms with Crippen molar-refractivity contribution in [3.63, 3.8) is 0 Å². The van der Waals surface area contributed by atoms with E-state index in [0.29, 0.717) is 5.92 Å². The summed E-state index contributed by atoms with van der Waals surface area (Å²) in [5.74, 6) is -0.104. The molecule has 82 valence electrons. The molecule has 1 fully saturated rings. The van der Waals surface area contributed by atoms with Gasteiger partial charge >= 0.3 is 5.97 Å². The highest BCUT2D eigenvalue weighted by Crippen LogP contribution is 2.30. The molecule has 1 unspecified atom stereocenters. The first-order chi connectivity index (χ1) is 6.56. The number of nitrogens with zero attached hydrogens (tertiary/aromatic N) is 1. The number of carboxylic acid groups (broad SMARTS) is 1. The molecular weight excluding hydrogens is 180 g/mol. The molecule has 1 saturated carbocycles. The van der Waals surface area contributed by atoms with E-state index in [1.54, 1.807) is 0 Å². The van der Waals surface area contributed by atoms with Crippen molar-refractivity contribution in [2.24, 2.45) is 11.7 Å². The van der Waals surface area contributed by atoms with Crippen molar-refractivity contribution in [3.8, 4) is 0 Å². The van der Waals surface area contributed by atoms with Gasteiger partial charge in [-0.1, -0.05) is 0 Å². The normalized spacial score (nSPS) is 18.9. The molecule has 0 bridgehead atoms. The maximum atomic E-state index is 11.0. The van der Waals surface area contributed by atoms with Gasteiger partial charge in [0.1, 0.15) is 6.04 Å². The van der Waals surface area contributed by atoms with E-state index in [9.17, 15) is 4.79 Å². The van der Waals surface area contributed by atoms with E-state index in [4.69, 9.17) is 10.8 Å². The molecule has 0 spiro atoms. The van der Waals surface area contributed by atoms with E-state index in [-0.39, 0.29) is 12.6 Å². The van der Waals surface area contributed by atoms with Crippen LogP contribution in [0, 0.1) is 5.92 Å². The quantitative estimate of drug-likeness (QED) is 0.656. The fourth-order valence-corrected chi connectivity index (χ4v) is 1.67. The summed E-state index contributed by atoms with van der Waals surface area (Å²) in [6.45, 7) is 5.12. The van der Waals surface area contributed by atoms with Gasteiger partial charge in [0.05, 0.1) is 0 Å². The summed E-state index contributed by atoms with van der Waals surface area (Å²) in [5.41, 5.74) is 5.49. The van der Waals surface area contributed by atoms with E-state index in [0.717, 1.165) is 6.54 Å². The summed E-state index contributed by atoms with van der Waals surface area (Å²) in [4.78, 5) is 13.0. The Morgan fingerprint density at radius 2 is 2.14 bits per heavy atom. The van der Waals surface area contributed by atoms with Crippen LogP contribution in [-0.4, -0.2) is 41.1 Å². The molecule has 0 aromatic rings. The van der Waals surface area contributed by atoms with Crippen LogP contribution >= 0.6 is 0 Å². The zero-order valence-corrected chi connectivity index (χ0v) is 8.94. The lowest BCUT2D eigenvalue weighted by Crippen LogP contribution is -2.50. The van der Waals surface area contributed by atoms with Crippen molar-refractivity contribution < 1.29 is 9.90 Å². The highest BCUT2D eigenvalue weighted by molar-refractivity contribution is 5.73. The molecule has 0 saturated heterocycles. The van der Waals surface area contributed by atoms with Gasteiger partial charge in [0, 0.05) is 19.1 Å². The highest BCUT2D eigenvalue weighted by Gasteiger charge is 2.32. The zero-order chi connectivity index (χ0) is 10.7. The third-order valence-corrected chi connectivity index (χ3v) is 2.74. The molecule has 0 aromatic carbocycles. The maximum Gasteiger partial charge on any atom is 0.322 e. The lowest BCUT2D eigenvalue weighted by molar-refractivity contribution is -0.143. The van der Waals surface area contributed by atoms with Crippen LogP contribution in [0.25, 0.3) is 0 Å². The molecule has 0 heterocycles. The van der Waals surface area contributed by atoms with E-state index in [1.807, 2.05) is 18.7 Å². The molecule has 1 rings (SSSR count). The predicted molar refractivity (Wildman–Crippen MR) is 55.0 cm³/mol. The van der Waals surface area contributed by atoms with Crippen LogP contribution in [0.15, 0.2) is 0 Å². The summed E-state index contributed by atoms with van der Waals surface area (Å²) in [6.07, 6.45) is 2.47. The van der Waals surface area contributed by atoms with E-state index in [2.05, 4.69) is 0 Å². The van der Waals surface area contributed by atoms with Gasteiger partial charge in [-0.25, -0.2) is 0 Å². The van der Waals surface area contributed by atoms with Crippen molar-refractivity contribution in [3.05, 3.63) is 0 Å². The van der Waals surface area contributed by atoms with Crippen LogP contribution in [0.4, 0.5) is 0 Å². The van der Waals surface area contributed by atoms with Gasteiger partial charge in [-0.15, -0.1) is 0 Å². The van der Waals surface area contributed by atoms with Crippen LogP contribution < -0.4 is 5.73 Å². The minimum Gasteiger partial charge on any atom is -0.480 e. The van der Waals surface area contributed by atoms with Gasteiger partial charge in [0.25, 0.3) is 0 Å². The Labute approximate surface area is 85.1 Å². The predicted octanol–water partition coefficient (Wildman–Crippen LogP) is 0.519. The fraction of sp³-hybridized carbons (Fsp3) is 0.900. The molecule has 1 aliphatic carbocycles. The van der Waals surface area contributed by atoms with Gasteiger partial charge < -0.3 is 10.8 Å². The molecule has 3 N–H and O–H groups in total. The van der Waals surface area contributed by atoms with Crippen LogP contribution in [0.1, 0.15) is 26.7 Å². The molecule has 1 atom stereocenters. The highest BCUT2D eigenvalue weighted by atomic mass is 16.4. The van der Waals surface area contributed by atoms with Crippen LogP contribution in [0.2, 0.25) is 0 Å². The topological polar surface area (TPSA) is 66.6 Å². The third-order valence-electron chi connectivity index (χ3n) is 2.74. The average molecular weight is 200 g/mol. The van der Waals surface area contributed by atoms with Gasteiger partial charge in [0.15, 0.2) is 0 Å². The van der Waals surface area contributed by atoms with Gasteiger partial charge in [0.2, 0.25) is 0 Å². The first-order valence-corrected chi connectivity index (χ1v) is 5.24. The Morgan fingerprint density at radius 3 is 2.43 bits per heavy atom. The number of rotatable bonds is 6. The van der Waals surface area contributed by atoms with Crippen LogP contribution in [-0.2, 0) is 4.79 Å². The van der Waals surface area contributed by atoms with Crippen molar-refractivity contribution in [2.75, 3.05) is 13.1 Å². The number of carbonyl (C=O) groups is 1. The molecule has 0 aromatic heterocycles. The van der Waals surface area contributed by atoms with Crippen molar-refractivity contribution >= 4 is 5.97 Å². The van der Waals surface area contributed by atoms with Crippen LogP contribution in [0.3, 0.4) is 0 Å². The van der Waals surface area contributed by atoms with E-state index < -0.39 is 12.0 Å². The number of nitrogens with two attached hydrogens (primary N) is 1. The van der Waals surface area contributed by atoms with E-state index >= 15 is 0 Å². The molecule has 0 aliphatic heterocycles. The number of carboxylic acids is 1. The largest absolute Gasteiger partial charge is 0.480 e. The van der Waals surface area contributed by atoms with E-state index in [1.165, 1.54) is 12.8 Å². The Bertz CT molecular complexity index is 202. The Hall–Kier alpha value is -0.610. The maximum absolute atomic E-state index is 11.0. The summed E-state index contributed by atoms with van der Waals surface area (Å²) in [5, 5.41) is 9.00. The SMILES string of the molecule is CC(C)N(CC1CC1)C(CN)C(=O)O. The van der Waals surface area contributed by atoms with Gasteiger partial charge in [-0.3, -0.25) is 9.69 Å². The Morgan fingerprint density at radius 1 is 1.57 bits per heavy atom. The van der Waals surface area contributed by atoms with Gasteiger partial charge in [-0.2, -0.15) is 0 Å². The Kier molecular flexibility index (Phi) is 3.89. The standard InChI is InChI=1S/C10H20N2O2/c1-7(2)12(6-8-3-4-8)9(5-11)10(13)14/h7-9H,3-6,11H2,1-2H3,(H,13,14). The molecule has 0 radical (unpaired) electrons. The number of hydrogen-bond acceptors (Lipinski definition) is 3. The zero-order valence-electron chi connectivity index (χ0n) is 8.94. The second kappa shape index (κ2) is 4.75. The summed E-state index contributed by atoms with van der Waals surface area (Å²) < 4.78 is 0. The first kappa shape index (κ1) is 11.5. The second-order valence-electron chi connectivity index (χ2n) is 4.32. The lowest BCUT2D eigenvalue weighted by atomic mass is 10.1. The molecule has 14 heavy (non-hydrogen) atoms. The first-order valence-electron chi connectivity index (χ1n) is 5.24. The van der Waals surface area contributed by atoms with Crippen molar-refractivity contribution in [2.45, 2.75) is 38.8 Å². The number of aliphatic carboxylic acids is 1. The fourth-order valence-electron chi connectivity index (χ4n) is 1.67. The third kappa shape index (κ3) is 2.96. The van der Waals surface area contributed by atoms with Crippen molar-refractivity contribution in [1.29, 1.82) is 0 Å². The molecule has 0 amide bonds. The summed E-state index contributed by atoms with van der Waals surface area (Å²) in [6, 6.07) is -0.268. The minimum atomic E-state index is -0.804. The number of hydrogen-bond donors (Lipinski definition) is 2.